The van der Waals surface area contributed by atoms with E-state index in [9.17, 15) is 9.18 Å². The third-order valence-corrected chi connectivity index (χ3v) is 4.37. The van der Waals surface area contributed by atoms with Crippen molar-refractivity contribution in [2.75, 3.05) is 11.9 Å². The number of hydrogen-bond donors (Lipinski definition) is 2. The number of thiophene rings is 1. The van der Waals surface area contributed by atoms with E-state index in [-0.39, 0.29) is 17.8 Å². The van der Waals surface area contributed by atoms with Crippen LogP contribution in [0.4, 0.5) is 14.9 Å². The molecule has 110 valence electrons. The van der Waals surface area contributed by atoms with Gasteiger partial charge in [0.1, 0.15) is 4.34 Å². The lowest BCUT2D eigenvalue weighted by Crippen LogP contribution is -2.35. The Morgan fingerprint density at radius 3 is 3.05 bits per heavy atom. The molecule has 0 aliphatic carbocycles. The number of nitrogens with one attached hydrogen (secondary N) is 2. The summed E-state index contributed by atoms with van der Waals surface area (Å²) in [7, 11) is 0. The van der Waals surface area contributed by atoms with Gasteiger partial charge < -0.3 is 15.4 Å². The fourth-order valence-electron chi connectivity index (χ4n) is 2.23. The molecule has 2 heterocycles. The van der Waals surface area contributed by atoms with Gasteiger partial charge in [-0.1, -0.05) is 23.7 Å². The number of carbonyl (C=O) groups is 1. The number of benzene rings is 1. The fraction of sp³-hybridized carbons (Fsp3) is 0.214. The van der Waals surface area contributed by atoms with Gasteiger partial charge in [0, 0.05) is 12.0 Å². The van der Waals surface area contributed by atoms with E-state index in [1.807, 2.05) is 0 Å². The van der Waals surface area contributed by atoms with Crippen molar-refractivity contribution in [3.05, 3.63) is 45.4 Å². The zero-order valence-corrected chi connectivity index (χ0v) is 12.4. The summed E-state index contributed by atoms with van der Waals surface area (Å²) in [4.78, 5) is 12.0. The first kappa shape index (κ1) is 14.2. The zero-order valence-electron chi connectivity index (χ0n) is 10.9. The Labute approximate surface area is 129 Å². The summed E-state index contributed by atoms with van der Waals surface area (Å²) in [5.74, 6) is -0.206. The van der Waals surface area contributed by atoms with Crippen LogP contribution in [-0.2, 0) is 0 Å². The summed E-state index contributed by atoms with van der Waals surface area (Å²) < 4.78 is 19.5. The van der Waals surface area contributed by atoms with Crippen LogP contribution in [0.2, 0.25) is 4.34 Å². The number of para-hydroxylation sites is 1. The number of halogens is 2. The maximum atomic E-state index is 13.7. The minimum Gasteiger partial charge on any atom is -0.490 e. The van der Waals surface area contributed by atoms with E-state index in [2.05, 4.69) is 10.6 Å². The first-order chi connectivity index (χ1) is 10.1. The molecule has 0 spiro atoms. The number of hydrogen-bond acceptors (Lipinski definition) is 3. The number of anilines is 1. The molecule has 1 atom stereocenters. The van der Waals surface area contributed by atoms with Gasteiger partial charge in [-0.25, -0.2) is 9.18 Å². The fourth-order valence-corrected chi connectivity index (χ4v) is 3.07. The maximum absolute atomic E-state index is 13.7. The van der Waals surface area contributed by atoms with Crippen molar-refractivity contribution in [2.45, 2.75) is 12.5 Å². The maximum Gasteiger partial charge on any atom is 0.319 e. The van der Waals surface area contributed by atoms with E-state index in [4.69, 9.17) is 16.3 Å². The molecule has 0 bridgehead atoms. The second-order valence-electron chi connectivity index (χ2n) is 4.55. The molecular weight excluding hydrogens is 315 g/mol. The molecule has 1 aromatic carbocycles. The highest BCUT2D eigenvalue weighted by atomic mass is 35.5. The monoisotopic (exact) mass is 326 g/mol. The SMILES string of the molecule is O=C(Nc1ccsc1Cl)N[C@H]1CCOc2c(F)cccc21. The van der Waals surface area contributed by atoms with Crippen LogP contribution < -0.4 is 15.4 Å². The lowest BCUT2D eigenvalue weighted by Gasteiger charge is -2.26. The molecule has 1 aliphatic heterocycles. The average molecular weight is 327 g/mol. The summed E-state index contributed by atoms with van der Waals surface area (Å²) >= 11 is 7.27. The van der Waals surface area contributed by atoms with Crippen LogP contribution in [0, 0.1) is 5.82 Å². The van der Waals surface area contributed by atoms with Gasteiger partial charge in [0.25, 0.3) is 0 Å². The van der Waals surface area contributed by atoms with Crippen molar-refractivity contribution in [3.8, 4) is 5.75 Å². The summed E-state index contributed by atoms with van der Waals surface area (Å²) in [5, 5.41) is 7.28. The molecule has 0 saturated heterocycles. The third kappa shape index (κ3) is 2.96. The van der Waals surface area contributed by atoms with Gasteiger partial charge in [-0.3, -0.25) is 0 Å². The topological polar surface area (TPSA) is 50.4 Å². The molecule has 0 saturated carbocycles. The Morgan fingerprint density at radius 1 is 1.43 bits per heavy atom. The highest BCUT2D eigenvalue weighted by molar-refractivity contribution is 7.15. The summed E-state index contributed by atoms with van der Waals surface area (Å²) in [5.41, 5.74) is 1.21. The normalized spacial score (nSPS) is 16.8. The van der Waals surface area contributed by atoms with Crippen LogP contribution >= 0.6 is 22.9 Å². The standard InChI is InChI=1S/C14H12ClFN2O2S/c15-13-11(5-7-21-13)18-14(19)17-10-4-6-20-12-8(10)2-1-3-9(12)16/h1-3,5,7,10H,4,6H2,(H2,17,18,19)/t10-/m0/s1. The molecule has 0 fully saturated rings. The molecule has 2 aromatic rings. The van der Waals surface area contributed by atoms with Crippen molar-refractivity contribution < 1.29 is 13.9 Å². The lowest BCUT2D eigenvalue weighted by atomic mass is 10.0. The van der Waals surface area contributed by atoms with Crippen LogP contribution in [0.1, 0.15) is 18.0 Å². The molecule has 4 nitrogen and oxygen atoms in total. The number of urea groups is 1. The molecule has 0 unspecified atom stereocenters. The van der Waals surface area contributed by atoms with Crippen LogP contribution in [-0.4, -0.2) is 12.6 Å². The van der Waals surface area contributed by atoms with Gasteiger partial charge in [0.15, 0.2) is 11.6 Å². The zero-order chi connectivity index (χ0) is 14.8. The number of fused-ring (bicyclic) bond motifs is 1. The number of amides is 2. The van der Waals surface area contributed by atoms with Gasteiger partial charge in [-0.15, -0.1) is 11.3 Å². The van der Waals surface area contributed by atoms with Crippen molar-refractivity contribution in [1.82, 2.24) is 5.32 Å². The van der Waals surface area contributed by atoms with Gasteiger partial charge in [-0.05, 0) is 17.5 Å². The quantitative estimate of drug-likeness (QED) is 0.869. The number of ether oxygens (including phenoxy) is 1. The van der Waals surface area contributed by atoms with E-state index >= 15 is 0 Å². The molecule has 2 amide bonds. The van der Waals surface area contributed by atoms with Gasteiger partial charge >= 0.3 is 6.03 Å². The molecule has 1 aromatic heterocycles. The summed E-state index contributed by atoms with van der Waals surface area (Å²) in [6.45, 7) is 0.359. The van der Waals surface area contributed by atoms with Crippen molar-refractivity contribution in [3.63, 3.8) is 0 Å². The summed E-state index contributed by atoms with van der Waals surface area (Å²) in [6.07, 6.45) is 0.585. The molecular formula is C14H12ClFN2O2S. The lowest BCUT2D eigenvalue weighted by molar-refractivity contribution is 0.227. The highest BCUT2D eigenvalue weighted by Crippen LogP contribution is 2.34. The number of carbonyl (C=O) groups excluding carboxylic acids is 1. The first-order valence-electron chi connectivity index (χ1n) is 6.37. The molecule has 3 rings (SSSR count). The van der Waals surface area contributed by atoms with Crippen molar-refractivity contribution >= 4 is 34.7 Å². The van der Waals surface area contributed by atoms with Crippen LogP contribution in [0.15, 0.2) is 29.6 Å². The van der Waals surface area contributed by atoms with Crippen LogP contribution in [0.3, 0.4) is 0 Å². The Hall–Kier alpha value is -1.79. The van der Waals surface area contributed by atoms with Crippen LogP contribution in [0.5, 0.6) is 5.75 Å². The summed E-state index contributed by atoms with van der Waals surface area (Å²) in [6, 6.07) is 5.75. The Morgan fingerprint density at radius 2 is 2.29 bits per heavy atom. The van der Waals surface area contributed by atoms with E-state index in [1.165, 1.54) is 17.4 Å². The molecule has 7 heteroatoms. The third-order valence-electron chi connectivity index (χ3n) is 3.20. The van der Waals surface area contributed by atoms with E-state index in [1.54, 1.807) is 23.6 Å². The first-order valence-corrected chi connectivity index (χ1v) is 7.62. The molecule has 2 N–H and O–H groups in total. The van der Waals surface area contributed by atoms with Gasteiger partial charge in [0.2, 0.25) is 0 Å². The Balaban J connectivity index is 1.73. The molecule has 1 aliphatic rings. The van der Waals surface area contributed by atoms with Crippen molar-refractivity contribution in [1.29, 1.82) is 0 Å². The van der Waals surface area contributed by atoms with Crippen molar-refractivity contribution in [2.24, 2.45) is 0 Å². The second kappa shape index (κ2) is 5.91. The Bertz CT molecular complexity index is 677. The predicted molar refractivity (Wildman–Crippen MR) is 80.7 cm³/mol. The van der Waals surface area contributed by atoms with E-state index in [0.29, 0.717) is 28.6 Å². The smallest absolute Gasteiger partial charge is 0.319 e. The second-order valence-corrected chi connectivity index (χ2v) is 6.07. The number of rotatable bonds is 2. The largest absolute Gasteiger partial charge is 0.490 e. The predicted octanol–water partition coefficient (Wildman–Crippen LogP) is 4.19. The molecule has 21 heavy (non-hydrogen) atoms. The van der Waals surface area contributed by atoms with E-state index in [0.717, 1.165) is 0 Å². The Kier molecular flexibility index (Phi) is 3.98. The van der Waals surface area contributed by atoms with Gasteiger partial charge in [0.05, 0.1) is 18.3 Å². The van der Waals surface area contributed by atoms with Crippen LogP contribution in [0.25, 0.3) is 0 Å². The molecule has 0 radical (unpaired) electrons. The highest BCUT2D eigenvalue weighted by Gasteiger charge is 2.25. The van der Waals surface area contributed by atoms with Gasteiger partial charge in [-0.2, -0.15) is 0 Å². The minimum absolute atomic E-state index is 0.211. The van der Waals surface area contributed by atoms with E-state index < -0.39 is 5.82 Å². The minimum atomic E-state index is -0.416. The average Bonchev–Trinajstić information content (AvgIpc) is 2.85.